The number of allylic oxidation sites excluding steroid dienone is 3. The van der Waals surface area contributed by atoms with E-state index in [1.54, 1.807) is 0 Å². The fraction of sp³-hybridized carbons (Fsp3) is 0.783. The summed E-state index contributed by atoms with van der Waals surface area (Å²) < 4.78 is 5.08. The number of esters is 1. The lowest BCUT2D eigenvalue weighted by molar-refractivity contribution is -0.141. The average Bonchev–Trinajstić information content (AvgIpc) is 2.60. The van der Waals surface area contributed by atoms with Crippen molar-refractivity contribution in [1.82, 2.24) is 0 Å². The van der Waals surface area contributed by atoms with Gasteiger partial charge in [-0.25, -0.2) is 0 Å². The Morgan fingerprint density at radius 2 is 1.32 bits per heavy atom. The molecule has 0 aliphatic carbocycles. The predicted octanol–water partition coefficient (Wildman–Crippen LogP) is 7.53. The molecule has 0 aliphatic heterocycles. The minimum absolute atomic E-state index is 0.121. The monoisotopic (exact) mass is 350 g/mol. The molecule has 0 radical (unpaired) electrons. The molecule has 2 nitrogen and oxygen atoms in total. The molecule has 0 spiro atoms. The van der Waals surface area contributed by atoms with Gasteiger partial charge in [0.2, 0.25) is 0 Å². The van der Waals surface area contributed by atoms with Gasteiger partial charge in [-0.3, -0.25) is 4.79 Å². The highest BCUT2D eigenvalue weighted by atomic mass is 16.5. The van der Waals surface area contributed by atoms with Crippen LogP contribution in [0.1, 0.15) is 111 Å². The number of carbonyl (C=O) groups excluding carboxylic acids is 1. The summed E-state index contributed by atoms with van der Waals surface area (Å²) in [6.07, 6.45) is 20.7. The van der Waals surface area contributed by atoms with Crippen LogP contribution in [-0.2, 0) is 9.53 Å². The zero-order valence-electron chi connectivity index (χ0n) is 17.4. The molecule has 25 heavy (non-hydrogen) atoms. The highest BCUT2D eigenvalue weighted by Gasteiger charge is 1.97. The minimum Gasteiger partial charge on any atom is -0.461 e. The summed E-state index contributed by atoms with van der Waals surface area (Å²) in [7, 11) is 0. The smallest absolute Gasteiger partial charge is 0.305 e. The van der Waals surface area contributed by atoms with Crippen molar-refractivity contribution in [2.75, 3.05) is 6.61 Å². The quantitative estimate of drug-likeness (QED) is 0.163. The van der Waals surface area contributed by atoms with E-state index in [-0.39, 0.29) is 5.97 Å². The van der Waals surface area contributed by atoms with E-state index in [1.165, 1.54) is 81.8 Å². The van der Waals surface area contributed by atoms with Crippen molar-refractivity contribution in [3.63, 3.8) is 0 Å². The third kappa shape index (κ3) is 17.6. The Bertz CT molecular complexity index is 380. The second kappa shape index (κ2) is 17.8. The molecular formula is C23H42O2. The minimum atomic E-state index is -0.121. The molecule has 0 saturated carbocycles. The molecule has 0 rings (SSSR count). The number of hydrogen-bond acceptors (Lipinski definition) is 2. The van der Waals surface area contributed by atoms with Crippen LogP contribution >= 0.6 is 0 Å². The molecule has 0 unspecified atom stereocenters. The molecule has 0 bridgehead atoms. The van der Waals surface area contributed by atoms with E-state index in [9.17, 15) is 4.79 Å². The van der Waals surface area contributed by atoms with Gasteiger partial charge >= 0.3 is 5.97 Å². The number of carbonyl (C=O) groups is 1. The van der Waals surface area contributed by atoms with Crippen LogP contribution in [0.2, 0.25) is 0 Å². The first-order valence-electron chi connectivity index (χ1n) is 10.6. The number of hydrogen-bond donors (Lipinski definition) is 0. The Labute approximate surface area is 157 Å². The van der Waals surface area contributed by atoms with Gasteiger partial charge in [0.15, 0.2) is 0 Å². The maximum atomic E-state index is 11.1. The van der Waals surface area contributed by atoms with Crippen LogP contribution in [0.4, 0.5) is 0 Å². The average molecular weight is 351 g/mol. The lowest BCUT2D eigenvalue weighted by atomic mass is 10.0. The Morgan fingerprint density at radius 1 is 0.760 bits per heavy atom. The zero-order valence-corrected chi connectivity index (χ0v) is 17.4. The van der Waals surface area contributed by atoms with Crippen LogP contribution in [0.3, 0.4) is 0 Å². The molecular weight excluding hydrogens is 308 g/mol. The molecule has 0 N–H and O–H groups in total. The zero-order chi connectivity index (χ0) is 18.8. The molecule has 0 heterocycles. The van der Waals surface area contributed by atoms with Crippen LogP contribution in [0, 0.1) is 0 Å². The Hall–Kier alpha value is -1.05. The van der Waals surface area contributed by atoms with Crippen molar-refractivity contribution in [3.8, 4) is 0 Å². The van der Waals surface area contributed by atoms with Crippen LogP contribution in [0.15, 0.2) is 23.3 Å². The van der Waals surface area contributed by atoms with Gasteiger partial charge in [-0.15, -0.1) is 0 Å². The molecule has 0 amide bonds. The summed E-state index contributed by atoms with van der Waals surface area (Å²) in [5, 5.41) is 0. The van der Waals surface area contributed by atoms with Gasteiger partial charge in [-0.2, -0.15) is 0 Å². The van der Waals surface area contributed by atoms with Crippen molar-refractivity contribution in [3.05, 3.63) is 23.3 Å². The summed E-state index contributed by atoms with van der Waals surface area (Å²) in [6.45, 7) is 8.90. The molecule has 146 valence electrons. The van der Waals surface area contributed by atoms with Gasteiger partial charge in [0, 0.05) is 6.42 Å². The molecule has 0 atom stereocenters. The predicted molar refractivity (Wildman–Crippen MR) is 110 cm³/mol. The summed E-state index contributed by atoms with van der Waals surface area (Å²) in [4.78, 5) is 11.1. The highest BCUT2D eigenvalue weighted by molar-refractivity contribution is 5.68. The fourth-order valence-corrected chi connectivity index (χ4v) is 2.86. The molecule has 0 fully saturated rings. The molecule has 0 aromatic heterocycles. The number of unbranched alkanes of at least 4 members (excludes halogenated alkanes) is 8. The Kier molecular flexibility index (Phi) is 17.0. The second-order valence-corrected chi connectivity index (χ2v) is 7.25. The van der Waals surface area contributed by atoms with Crippen molar-refractivity contribution in [2.24, 2.45) is 0 Å². The first kappa shape index (κ1) is 23.9. The summed E-state index contributed by atoms with van der Waals surface area (Å²) in [5.74, 6) is -0.121. The van der Waals surface area contributed by atoms with Crippen molar-refractivity contribution < 1.29 is 9.53 Å². The Morgan fingerprint density at radius 3 is 1.92 bits per heavy atom. The van der Waals surface area contributed by atoms with Gasteiger partial charge in [-0.1, -0.05) is 76.0 Å². The van der Waals surface area contributed by atoms with E-state index < -0.39 is 0 Å². The van der Waals surface area contributed by atoms with Gasteiger partial charge < -0.3 is 4.74 Å². The van der Waals surface area contributed by atoms with E-state index in [2.05, 4.69) is 26.8 Å². The summed E-state index contributed by atoms with van der Waals surface area (Å²) >= 11 is 0. The first-order valence-corrected chi connectivity index (χ1v) is 10.6. The second-order valence-electron chi connectivity index (χ2n) is 7.25. The van der Waals surface area contributed by atoms with E-state index >= 15 is 0 Å². The van der Waals surface area contributed by atoms with Gasteiger partial charge in [-0.05, 0) is 52.0 Å². The normalized spacial score (nSPS) is 12.5. The van der Waals surface area contributed by atoms with Crippen LogP contribution in [-0.4, -0.2) is 12.6 Å². The van der Waals surface area contributed by atoms with Gasteiger partial charge in [0.25, 0.3) is 0 Å². The maximum Gasteiger partial charge on any atom is 0.305 e. The number of rotatable bonds is 16. The van der Waals surface area contributed by atoms with E-state index in [1.807, 2.05) is 13.0 Å². The fourth-order valence-electron chi connectivity index (χ4n) is 2.86. The first-order chi connectivity index (χ1) is 12.1. The van der Waals surface area contributed by atoms with Gasteiger partial charge in [0.1, 0.15) is 6.61 Å². The van der Waals surface area contributed by atoms with Crippen LogP contribution < -0.4 is 0 Å². The third-order valence-electron chi connectivity index (χ3n) is 4.66. The van der Waals surface area contributed by atoms with Crippen LogP contribution in [0.5, 0.6) is 0 Å². The van der Waals surface area contributed by atoms with Crippen molar-refractivity contribution in [1.29, 1.82) is 0 Å². The Balaban J connectivity index is 3.58. The lowest BCUT2D eigenvalue weighted by Crippen LogP contribution is -2.02. The highest BCUT2D eigenvalue weighted by Crippen LogP contribution is 2.14. The van der Waals surface area contributed by atoms with E-state index in [4.69, 9.17) is 4.74 Å². The van der Waals surface area contributed by atoms with E-state index in [0.717, 1.165) is 6.42 Å². The molecule has 2 heteroatoms. The molecule has 0 aliphatic rings. The number of ether oxygens (including phenoxy) is 1. The molecule has 0 aromatic carbocycles. The largest absolute Gasteiger partial charge is 0.461 e. The molecule has 0 saturated heterocycles. The molecule has 0 aromatic rings. The summed E-state index contributed by atoms with van der Waals surface area (Å²) in [6, 6.07) is 0. The van der Waals surface area contributed by atoms with E-state index in [0.29, 0.717) is 13.0 Å². The van der Waals surface area contributed by atoms with Gasteiger partial charge in [0.05, 0.1) is 0 Å². The SMILES string of the molecule is CCCCCCCCCCC=C(C)CCCC(C)=CCOC(=O)CC. The summed E-state index contributed by atoms with van der Waals surface area (Å²) in [5.41, 5.74) is 2.84. The maximum absolute atomic E-state index is 11.1. The van der Waals surface area contributed by atoms with Crippen molar-refractivity contribution >= 4 is 5.97 Å². The topological polar surface area (TPSA) is 26.3 Å². The standard InChI is InChI=1S/C23H42O2/c1-5-7-8-9-10-11-12-13-14-16-21(3)17-15-18-22(4)19-20-25-23(24)6-2/h16,19H,5-15,17-18,20H2,1-4H3. The third-order valence-corrected chi connectivity index (χ3v) is 4.66. The van der Waals surface area contributed by atoms with Crippen molar-refractivity contribution in [2.45, 2.75) is 111 Å². The van der Waals surface area contributed by atoms with Crippen LogP contribution in [0.25, 0.3) is 0 Å². The lowest BCUT2D eigenvalue weighted by Gasteiger charge is -2.04.